The van der Waals surface area contributed by atoms with Gasteiger partial charge in [-0.1, -0.05) is 40.2 Å². The molecule has 1 fully saturated rings. The summed E-state index contributed by atoms with van der Waals surface area (Å²) >= 11 is 3.69. The van der Waals surface area contributed by atoms with E-state index in [1.807, 2.05) is 24.3 Å². The molecule has 4 aliphatic rings. The first-order chi connectivity index (χ1) is 10.4. The molecule has 0 aliphatic heterocycles. The van der Waals surface area contributed by atoms with Gasteiger partial charge in [-0.3, -0.25) is 9.59 Å². The molecule has 0 aromatic rings. The Morgan fingerprint density at radius 2 is 1.82 bits per heavy atom. The number of rotatable bonds is 3. The summed E-state index contributed by atoms with van der Waals surface area (Å²) in [4.78, 5) is 24.2. The van der Waals surface area contributed by atoms with Crippen LogP contribution in [0.25, 0.3) is 0 Å². The molecule has 1 saturated carbocycles. The SMILES string of the molecule is CO[C@H]1C=C[C@@H](OC)[C@@H]2[C@H]1[C@@H]1C=C[C@@]2(Br)[C@@H](OC(C)=O)C1=O. The average molecular weight is 371 g/mol. The number of halogens is 1. The number of Topliss-reactive ketones (excluding diaryl/α,β-unsaturated/α-hetero) is 1. The molecule has 0 aromatic heterocycles. The van der Waals surface area contributed by atoms with Crippen LogP contribution in [0.4, 0.5) is 0 Å². The fourth-order valence-corrected chi connectivity index (χ4v) is 5.11. The van der Waals surface area contributed by atoms with Gasteiger partial charge in [-0.25, -0.2) is 0 Å². The highest BCUT2D eigenvalue weighted by molar-refractivity contribution is 9.10. The number of carbonyl (C=O) groups is 2. The van der Waals surface area contributed by atoms with Gasteiger partial charge in [-0.2, -0.15) is 0 Å². The third-order valence-corrected chi connectivity index (χ3v) is 6.15. The maximum atomic E-state index is 12.8. The van der Waals surface area contributed by atoms with Crippen LogP contribution in [-0.4, -0.2) is 48.6 Å². The van der Waals surface area contributed by atoms with Gasteiger partial charge in [0, 0.05) is 38.9 Å². The number of fused-ring (bicyclic) bond motifs is 1. The van der Waals surface area contributed by atoms with Crippen molar-refractivity contribution in [2.75, 3.05) is 14.2 Å². The zero-order valence-electron chi connectivity index (χ0n) is 12.7. The van der Waals surface area contributed by atoms with Gasteiger partial charge in [0.05, 0.1) is 16.5 Å². The predicted octanol–water partition coefficient (Wildman–Crippen LogP) is 1.65. The van der Waals surface area contributed by atoms with Crippen LogP contribution in [0, 0.1) is 17.8 Å². The van der Waals surface area contributed by atoms with Crippen molar-refractivity contribution in [2.24, 2.45) is 17.8 Å². The lowest BCUT2D eigenvalue weighted by Gasteiger charge is -2.56. The summed E-state index contributed by atoms with van der Waals surface area (Å²) in [6.07, 6.45) is 6.58. The molecule has 4 aliphatic carbocycles. The maximum absolute atomic E-state index is 12.8. The molecule has 0 heterocycles. The number of carbonyl (C=O) groups excluding carboxylic acids is 2. The Labute approximate surface area is 137 Å². The van der Waals surface area contributed by atoms with Crippen molar-refractivity contribution >= 4 is 27.7 Å². The number of alkyl halides is 1. The summed E-state index contributed by atoms with van der Waals surface area (Å²) in [5, 5.41) is 0. The summed E-state index contributed by atoms with van der Waals surface area (Å²) < 4.78 is 15.7. The van der Waals surface area contributed by atoms with E-state index < -0.39 is 16.4 Å². The second-order valence-corrected chi connectivity index (χ2v) is 7.37. The zero-order valence-corrected chi connectivity index (χ0v) is 14.3. The Hall–Kier alpha value is -0.980. The van der Waals surface area contributed by atoms with E-state index in [1.165, 1.54) is 6.92 Å². The molecule has 0 saturated heterocycles. The van der Waals surface area contributed by atoms with Gasteiger partial charge in [0.1, 0.15) is 0 Å². The first kappa shape index (κ1) is 15.9. The second-order valence-electron chi connectivity index (χ2n) is 5.99. The van der Waals surface area contributed by atoms with Crippen LogP contribution in [0.5, 0.6) is 0 Å². The third-order valence-electron chi connectivity index (χ3n) is 4.94. The monoisotopic (exact) mass is 370 g/mol. The van der Waals surface area contributed by atoms with Crippen molar-refractivity contribution in [3.63, 3.8) is 0 Å². The van der Waals surface area contributed by atoms with Crippen molar-refractivity contribution in [1.29, 1.82) is 0 Å². The highest BCUT2D eigenvalue weighted by Gasteiger charge is 2.64. The van der Waals surface area contributed by atoms with Gasteiger partial charge in [-0.15, -0.1) is 0 Å². The maximum Gasteiger partial charge on any atom is 0.303 e. The fourth-order valence-electron chi connectivity index (χ4n) is 4.07. The smallest absolute Gasteiger partial charge is 0.303 e. The van der Waals surface area contributed by atoms with Gasteiger partial charge < -0.3 is 14.2 Å². The molecule has 6 heteroatoms. The van der Waals surface area contributed by atoms with Gasteiger partial charge in [0.25, 0.3) is 0 Å². The van der Waals surface area contributed by atoms with Gasteiger partial charge in [0.2, 0.25) is 0 Å². The molecular formula is C16H19BrO5. The van der Waals surface area contributed by atoms with Crippen LogP contribution in [-0.2, 0) is 23.8 Å². The standard InChI is InChI=1S/C16H19BrO5/c1-8(18)22-15-14(19)9-6-7-16(15,17)13-11(21-3)5-4-10(20-2)12(9)13/h4-7,9-13,15H,1-3H3/t9-,10-,11+,12-,13+,15-,16-/m0/s1. The topological polar surface area (TPSA) is 61.8 Å². The van der Waals surface area contributed by atoms with Crippen molar-refractivity contribution in [3.05, 3.63) is 24.3 Å². The lowest BCUT2D eigenvalue weighted by Crippen LogP contribution is -2.67. The van der Waals surface area contributed by atoms with Crippen LogP contribution in [0.1, 0.15) is 6.92 Å². The molecule has 0 amide bonds. The summed E-state index contributed by atoms with van der Waals surface area (Å²) in [7, 11) is 3.28. The zero-order chi connectivity index (χ0) is 16.1. The van der Waals surface area contributed by atoms with E-state index in [0.29, 0.717) is 0 Å². The van der Waals surface area contributed by atoms with E-state index in [2.05, 4.69) is 15.9 Å². The Bertz CT molecular complexity index is 557. The number of ketones is 1. The molecule has 0 N–H and O–H groups in total. The van der Waals surface area contributed by atoms with Crippen molar-refractivity contribution in [1.82, 2.24) is 0 Å². The quantitative estimate of drug-likeness (QED) is 0.429. The molecule has 4 rings (SSSR count). The van der Waals surface area contributed by atoms with Crippen LogP contribution >= 0.6 is 15.9 Å². The molecule has 120 valence electrons. The molecule has 5 nitrogen and oxygen atoms in total. The highest BCUT2D eigenvalue weighted by Crippen LogP contribution is 2.56. The predicted molar refractivity (Wildman–Crippen MR) is 82.6 cm³/mol. The molecule has 0 radical (unpaired) electrons. The van der Waals surface area contributed by atoms with Crippen LogP contribution < -0.4 is 0 Å². The summed E-state index contributed by atoms with van der Waals surface area (Å²) in [6.45, 7) is 1.32. The largest absolute Gasteiger partial charge is 0.453 e. The lowest BCUT2D eigenvalue weighted by atomic mass is 9.55. The van der Waals surface area contributed by atoms with Gasteiger partial charge >= 0.3 is 5.97 Å². The van der Waals surface area contributed by atoms with E-state index >= 15 is 0 Å². The summed E-state index contributed by atoms with van der Waals surface area (Å²) in [5.74, 6) is -0.962. The molecule has 7 atom stereocenters. The number of allylic oxidation sites excluding steroid dienone is 1. The average Bonchev–Trinajstić information content (AvgIpc) is 2.50. The lowest BCUT2D eigenvalue weighted by molar-refractivity contribution is -0.168. The Morgan fingerprint density at radius 1 is 1.18 bits per heavy atom. The minimum atomic E-state index is -0.831. The van der Waals surface area contributed by atoms with Crippen LogP contribution in [0.3, 0.4) is 0 Å². The van der Waals surface area contributed by atoms with E-state index in [1.54, 1.807) is 14.2 Å². The molecule has 0 unspecified atom stereocenters. The van der Waals surface area contributed by atoms with E-state index in [4.69, 9.17) is 14.2 Å². The van der Waals surface area contributed by atoms with Crippen LogP contribution in [0.15, 0.2) is 24.3 Å². The molecule has 22 heavy (non-hydrogen) atoms. The highest BCUT2D eigenvalue weighted by atomic mass is 79.9. The minimum Gasteiger partial charge on any atom is -0.453 e. The van der Waals surface area contributed by atoms with E-state index in [9.17, 15) is 9.59 Å². The molecule has 2 bridgehead atoms. The van der Waals surface area contributed by atoms with E-state index in [-0.39, 0.29) is 35.7 Å². The number of esters is 1. The van der Waals surface area contributed by atoms with Crippen molar-refractivity contribution in [3.8, 4) is 0 Å². The Kier molecular flexibility index (Phi) is 4.03. The number of methoxy groups -OCH3 is 2. The van der Waals surface area contributed by atoms with Crippen molar-refractivity contribution in [2.45, 2.75) is 29.6 Å². The number of ether oxygens (including phenoxy) is 3. The number of hydrogen-bond donors (Lipinski definition) is 0. The third kappa shape index (κ3) is 2.12. The summed E-state index contributed by atoms with van der Waals surface area (Å²) in [6, 6.07) is 0. The fraction of sp³-hybridized carbons (Fsp3) is 0.625. The Balaban J connectivity index is 2.08. The first-order valence-electron chi connectivity index (χ1n) is 7.27. The van der Waals surface area contributed by atoms with Crippen molar-refractivity contribution < 1.29 is 23.8 Å². The molecule has 0 spiro atoms. The van der Waals surface area contributed by atoms with E-state index in [0.717, 1.165) is 0 Å². The minimum absolute atomic E-state index is 0.0383. The number of hydrogen-bond acceptors (Lipinski definition) is 5. The molecular weight excluding hydrogens is 352 g/mol. The normalized spacial score (nSPS) is 45.7. The Morgan fingerprint density at radius 3 is 2.41 bits per heavy atom. The van der Waals surface area contributed by atoms with Gasteiger partial charge in [-0.05, 0) is 0 Å². The van der Waals surface area contributed by atoms with Crippen LogP contribution in [0.2, 0.25) is 0 Å². The second kappa shape index (κ2) is 5.58. The molecule has 0 aromatic carbocycles. The first-order valence-corrected chi connectivity index (χ1v) is 8.06. The van der Waals surface area contributed by atoms with Gasteiger partial charge in [0.15, 0.2) is 11.9 Å². The summed E-state index contributed by atoms with van der Waals surface area (Å²) in [5.41, 5.74) is 0.